The van der Waals surface area contributed by atoms with Crippen molar-refractivity contribution in [3.8, 4) is 0 Å². The number of halogens is 1. The van der Waals surface area contributed by atoms with E-state index in [1.807, 2.05) is 44.2 Å². The summed E-state index contributed by atoms with van der Waals surface area (Å²) in [4.78, 5) is 17.0. The van der Waals surface area contributed by atoms with Crippen molar-refractivity contribution in [2.75, 3.05) is 0 Å². The lowest BCUT2D eigenvalue weighted by molar-refractivity contribution is -0.134. The van der Waals surface area contributed by atoms with Gasteiger partial charge in [-0.25, -0.2) is 4.39 Å². The molecular weight excluding hydrogens is 341 g/mol. The average molecular weight is 361 g/mol. The van der Waals surface area contributed by atoms with Crippen molar-refractivity contribution < 1.29 is 13.9 Å². The lowest BCUT2D eigenvalue weighted by atomic mass is 9.83. The lowest BCUT2D eigenvalue weighted by Gasteiger charge is -2.30. The van der Waals surface area contributed by atoms with E-state index in [4.69, 9.17) is 4.74 Å². The summed E-state index contributed by atoms with van der Waals surface area (Å²) in [5.74, 6) is -0.604. The maximum atomic E-state index is 13.6. The van der Waals surface area contributed by atoms with Crippen molar-refractivity contribution in [2.45, 2.75) is 25.9 Å². The minimum Gasteiger partial charge on any atom is -0.460 e. The summed E-state index contributed by atoms with van der Waals surface area (Å²) in [5.41, 5.74) is 0.403. The van der Waals surface area contributed by atoms with Crippen LogP contribution in [-0.2, 0) is 16.0 Å². The van der Waals surface area contributed by atoms with Crippen LogP contribution in [0.2, 0.25) is 0 Å². The first-order valence-corrected chi connectivity index (χ1v) is 9.04. The number of nitrogens with zero attached hydrogens (tertiary/aromatic N) is 1. The van der Waals surface area contributed by atoms with Crippen LogP contribution in [0.4, 0.5) is 4.39 Å². The molecule has 136 valence electrons. The Hall–Kier alpha value is -3.01. The monoisotopic (exact) mass is 361 g/mol. The highest BCUT2D eigenvalue weighted by atomic mass is 19.1. The first-order chi connectivity index (χ1) is 13.0. The molecule has 0 saturated heterocycles. The maximum Gasteiger partial charge on any atom is 0.293 e. The van der Waals surface area contributed by atoms with E-state index in [-0.39, 0.29) is 23.5 Å². The highest BCUT2D eigenvalue weighted by molar-refractivity contribution is 6.09. The van der Waals surface area contributed by atoms with Gasteiger partial charge in [0.15, 0.2) is 5.60 Å². The minimum absolute atomic E-state index is 0.0914. The van der Waals surface area contributed by atoms with Crippen molar-refractivity contribution in [2.24, 2.45) is 10.9 Å². The Morgan fingerprint density at radius 3 is 2.52 bits per heavy atom. The van der Waals surface area contributed by atoms with Gasteiger partial charge in [-0.1, -0.05) is 62.4 Å². The SMILES string of the molecule is CC(C)[C@@]1(Cc2ccc3ccccc3c2)OC(c2cccc(F)c2)=NC1=O. The molecule has 0 N–H and O–H groups in total. The Kier molecular flexibility index (Phi) is 4.27. The van der Waals surface area contributed by atoms with Crippen LogP contribution < -0.4 is 0 Å². The number of carbonyl (C=O) groups excluding carboxylic acids is 1. The van der Waals surface area contributed by atoms with Gasteiger partial charge < -0.3 is 4.74 Å². The number of aliphatic imine (C=N–C) groups is 1. The number of ether oxygens (including phenoxy) is 1. The molecule has 0 saturated carbocycles. The number of hydrogen-bond donors (Lipinski definition) is 0. The van der Waals surface area contributed by atoms with Crippen LogP contribution in [0, 0.1) is 11.7 Å². The zero-order valence-corrected chi connectivity index (χ0v) is 15.3. The Labute approximate surface area is 157 Å². The van der Waals surface area contributed by atoms with Crippen molar-refractivity contribution >= 4 is 22.6 Å². The number of carbonyl (C=O) groups is 1. The molecule has 1 heterocycles. The zero-order chi connectivity index (χ0) is 19.0. The van der Waals surface area contributed by atoms with E-state index in [1.165, 1.54) is 12.1 Å². The fraction of sp³-hybridized carbons (Fsp3) is 0.217. The van der Waals surface area contributed by atoms with Gasteiger partial charge in [0.1, 0.15) is 5.82 Å². The van der Waals surface area contributed by atoms with Gasteiger partial charge in [-0.15, -0.1) is 0 Å². The molecule has 0 radical (unpaired) electrons. The second-order valence-corrected chi connectivity index (χ2v) is 7.24. The van der Waals surface area contributed by atoms with Crippen molar-refractivity contribution in [1.29, 1.82) is 0 Å². The maximum absolute atomic E-state index is 13.6. The van der Waals surface area contributed by atoms with Gasteiger partial charge in [0.25, 0.3) is 5.91 Å². The summed E-state index contributed by atoms with van der Waals surface area (Å²) >= 11 is 0. The highest BCUT2D eigenvalue weighted by Gasteiger charge is 2.49. The number of amides is 1. The summed E-state index contributed by atoms with van der Waals surface area (Å²) in [6.07, 6.45) is 0.413. The largest absolute Gasteiger partial charge is 0.460 e. The second kappa shape index (κ2) is 6.62. The normalized spacial score (nSPS) is 19.4. The van der Waals surface area contributed by atoms with Crippen molar-refractivity contribution in [1.82, 2.24) is 0 Å². The minimum atomic E-state index is -1.08. The summed E-state index contributed by atoms with van der Waals surface area (Å²) in [6.45, 7) is 3.89. The van der Waals surface area contributed by atoms with E-state index in [2.05, 4.69) is 17.1 Å². The molecule has 27 heavy (non-hydrogen) atoms. The van der Waals surface area contributed by atoms with E-state index < -0.39 is 5.60 Å². The molecule has 0 spiro atoms. The smallest absolute Gasteiger partial charge is 0.293 e. The summed E-state index contributed by atoms with van der Waals surface area (Å²) < 4.78 is 19.7. The Morgan fingerprint density at radius 1 is 1.00 bits per heavy atom. The fourth-order valence-corrected chi connectivity index (χ4v) is 3.50. The van der Waals surface area contributed by atoms with Crippen LogP contribution in [0.1, 0.15) is 25.0 Å². The molecule has 1 amide bonds. The van der Waals surface area contributed by atoms with Gasteiger partial charge in [0.05, 0.1) is 0 Å². The quantitative estimate of drug-likeness (QED) is 0.662. The molecule has 0 aliphatic carbocycles. The molecule has 1 aliphatic heterocycles. The van der Waals surface area contributed by atoms with Gasteiger partial charge in [0.2, 0.25) is 5.90 Å². The number of benzene rings is 3. The lowest BCUT2D eigenvalue weighted by Crippen LogP contribution is -2.45. The molecule has 1 aliphatic rings. The number of hydrogen-bond acceptors (Lipinski definition) is 2. The standard InChI is InChI=1S/C23H20FNO2/c1-15(2)23(14-16-10-11-17-6-3-4-7-18(17)12-16)22(26)25-21(27-23)19-8-5-9-20(24)13-19/h3-13,15H,14H2,1-2H3/t23-/m1/s1. The molecule has 4 heteroatoms. The molecule has 3 nitrogen and oxygen atoms in total. The Balaban J connectivity index is 1.68. The predicted molar refractivity (Wildman–Crippen MR) is 104 cm³/mol. The number of rotatable bonds is 4. The molecule has 0 unspecified atom stereocenters. The van der Waals surface area contributed by atoms with Crippen LogP contribution >= 0.6 is 0 Å². The zero-order valence-electron chi connectivity index (χ0n) is 15.3. The number of fused-ring (bicyclic) bond motifs is 1. The van der Waals surface area contributed by atoms with Crippen molar-refractivity contribution in [3.05, 3.63) is 83.7 Å². The Morgan fingerprint density at radius 2 is 1.78 bits per heavy atom. The summed E-state index contributed by atoms with van der Waals surface area (Å²) in [7, 11) is 0. The Bertz CT molecular complexity index is 1060. The molecular formula is C23H20FNO2. The molecule has 0 bridgehead atoms. The van der Waals surface area contributed by atoms with Crippen LogP contribution in [0.3, 0.4) is 0 Å². The first-order valence-electron chi connectivity index (χ1n) is 9.04. The van der Waals surface area contributed by atoms with Crippen LogP contribution in [0.15, 0.2) is 71.7 Å². The van der Waals surface area contributed by atoms with E-state index in [9.17, 15) is 9.18 Å². The van der Waals surface area contributed by atoms with E-state index in [1.54, 1.807) is 12.1 Å². The summed E-state index contributed by atoms with van der Waals surface area (Å²) in [5, 5.41) is 2.26. The van der Waals surface area contributed by atoms with Gasteiger partial charge >= 0.3 is 0 Å². The third-order valence-corrected chi connectivity index (χ3v) is 5.13. The van der Waals surface area contributed by atoms with Gasteiger partial charge in [-0.3, -0.25) is 4.79 Å². The molecule has 3 aromatic rings. The van der Waals surface area contributed by atoms with Gasteiger partial charge in [-0.05, 0) is 34.5 Å². The molecule has 0 fully saturated rings. The van der Waals surface area contributed by atoms with Crippen LogP contribution in [0.25, 0.3) is 10.8 Å². The topological polar surface area (TPSA) is 38.7 Å². The molecule has 3 aromatic carbocycles. The predicted octanol–water partition coefficient (Wildman–Crippen LogP) is 4.92. The highest BCUT2D eigenvalue weighted by Crippen LogP contribution is 2.35. The van der Waals surface area contributed by atoms with E-state index in [0.717, 1.165) is 16.3 Å². The van der Waals surface area contributed by atoms with Crippen LogP contribution in [0.5, 0.6) is 0 Å². The van der Waals surface area contributed by atoms with E-state index >= 15 is 0 Å². The third-order valence-electron chi connectivity index (χ3n) is 5.13. The van der Waals surface area contributed by atoms with Gasteiger partial charge in [0, 0.05) is 17.9 Å². The second-order valence-electron chi connectivity index (χ2n) is 7.24. The van der Waals surface area contributed by atoms with E-state index in [0.29, 0.717) is 12.0 Å². The third kappa shape index (κ3) is 3.12. The average Bonchev–Trinajstić information content (AvgIpc) is 2.99. The van der Waals surface area contributed by atoms with Crippen LogP contribution in [-0.4, -0.2) is 17.4 Å². The molecule has 1 atom stereocenters. The summed E-state index contributed by atoms with van der Waals surface area (Å²) in [6, 6.07) is 20.2. The first kappa shape index (κ1) is 17.4. The molecule has 4 rings (SSSR count). The molecule has 0 aromatic heterocycles. The fourth-order valence-electron chi connectivity index (χ4n) is 3.50. The van der Waals surface area contributed by atoms with Gasteiger partial charge in [-0.2, -0.15) is 4.99 Å². The van der Waals surface area contributed by atoms with Crippen molar-refractivity contribution in [3.63, 3.8) is 0 Å².